The number of hydrogen-bond donors (Lipinski definition) is 1. The monoisotopic (exact) mass is 257 g/mol. The van der Waals surface area contributed by atoms with Crippen molar-refractivity contribution in [2.75, 3.05) is 17.3 Å². The summed E-state index contributed by atoms with van der Waals surface area (Å²) in [6.07, 6.45) is 2.57. The SMILES string of the molecule is CCSCCCSc1ccc(C(=O)O)cn1. The summed E-state index contributed by atoms with van der Waals surface area (Å²) in [6.45, 7) is 2.16. The third-order valence-electron chi connectivity index (χ3n) is 1.87. The number of aromatic nitrogens is 1. The average molecular weight is 257 g/mol. The second kappa shape index (κ2) is 7.57. The molecule has 0 spiro atoms. The van der Waals surface area contributed by atoms with E-state index in [1.165, 1.54) is 11.9 Å². The van der Waals surface area contributed by atoms with Crippen molar-refractivity contribution in [3.8, 4) is 0 Å². The maximum Gasteiger partial charge on any atom is 0.337 e. The van der Waals surface area contributed by atoms with Gasteiger partial charge in [0.25, 0.3) is 0 Å². The zero-order valence-electron chi connectivity index (χ0n) is 9.18. The number of thioether (sulfide) groups is 2. The van der Waals surface area contributed by atoms with Crippen molar-refractivity contribution in [2.45, 2.75) is 18.4 Å². The van der Waals surface area contributed by atoms with E-state index in [0.717, 1.165) is 23.0 Å². The molecule has 1 rings (SSSR count). The van der Waals surface area contributed by atoms with Crippen molar-refractivity contribution in [1.29, 1.82) is 0 Å². The largest absolute Gasteiger partial charge is 0.478 e. The molecule has 1 aromatic heterocycles. The molecule has 88 valence electrons. The van der Waals surface area contributed by atoms with Gasteiger partial charge in [-0.15, -0.1) is 11.8 Å². The van der Waals surface area contributed by atoms with Crippen molar-refractivity contribution >= 4 is 29.5 Å². The van der Waals surface area contributed by atoms with Crippen LogP contribution in [0.3, 0.4) is 0 Å². The summed E-state index contributed by atoms with van der Waals surface area (Å²) in [5.41, 5.74) is 0.242. The Morgan fingerprint density at radius 2 is 2.25 bits per heavy atom. The number of hydrogen-bond acceptors (Lipinski definition) is 4. The molecular formula is C11H15NO2S2. The molecule has 0 fully saturated rings. The van der Waals surface area contributed by atoms with E-state index in [2.05, 4.69) is 11.9 Å². The topological polar surface area (TPSA) is 50.2 Å². The van der Waals surface area contributed by atoms with Crippen LogP contribution in [0.25, 0.3) is 0 Å². The summed E-state index contributed by atoms with van der Waals surface area (Å²) < 4.78 is 0. The van der Waals surface area contributed by atoms with Crippen LogP contribution in [-0.4, -0.2) is 33.3 Å². The van der Waals surface area contributed by atoms with Crippen molar-refractivity contribution < 1.29 is 9.90 Å². The van der Waals surface area contributed by atoms with Crippen molar-refractivity contribution in [3.05, 3.63) is 23.9 Å². The third-order valence-corrected chi connectivity index (χ3v) is 3.89. The summed E-state index contributed by atoms with van der Waals surface area (Å²) in [5.74, 6) is 2.45. The smallest absolute Gasteiger partial charge is 0.337 e. The Hall–Kier alpha value is -0.680. The maximum atomic E-state index is 10.6. The minimum absolute atomic E-state index is 0.242. The summed E-state index contributed by atoms with van der Waals surface area (Å²) in [7, 11) is 0. The lowest BCUT2D eigenvalue weighted by molar-refractivity contribution is 0.0696. The minimum atomic E-state index is -0.927. The zero-order valence-corrected chi connectivity index (χ0v) is 10.8. The minimum Gasteiger partial charge on any atom is -0.478 e. The Morgan fingerprint density at radius 1 is 1.44 bits per heavy atom. The fourth-order valence-electron chi connectivity index (χ4n) is 1.07. The molecule has 0 saturated heterocycles. The van der Waals surface area contributed by atoms with Gasteiger partial charge in [-0.2, -0.15) is 11.8 Å². The molecule has 0 aliphatic rings. The molecule has 16 heavy (non-hydrogen) atoms. The highest BCUT2D eigenvalue weighted by molar-refractivity contribution is 8.00. The third kappa shape index (κ3) is 4.90. The van der Waals surface area contributed by atoms with Gasteiger partial charge in [0, 0.05) is 11.9 Å². The van der Waals surface area contributed by atoms with Crippen LogP contribution in [0.2, 0.25) is 0 Å². The number of carbonyl (C=O) groups is 1. The lowest BCUT2D eigenvalue weighted by Crippen LogP contribution is -1.96. The summed E-state index contributed by atoms with van der Waals surface area (Å²) in [5, 5.41) is 9.59. The van der Waals surface area contributed by atoms with E-state index in [0.29, 0.717) is 0 Å². The number of carboxylic acid groups (broad SMARTS) is 1. The van der Waals surface area contributed by atoms with Crippen LogP contribution < -0.4 is 0 Å². The van der Waals surface area contributed by atoms with Gasteiger partial charge in [-0.3, -0.25) is 0 Å². The van der Waals surface area contributed by atoms with Crippen LogP contribution in [0.1, 0.15) is 23.7 Å². The van der Waals surface area contributed by atoms with Gasteiger partial charge in [-0.1, -0.05) is 6.92 Å². The molecule has 3 nitrogen and oxygen atoms in total. The van der Waals surface area contributed by atoms with Gasteiger partial charge >= 0.3 is 5.97 Å². The molecule has 0 aromatic carbocycles. The fourth-order valence-corrected chi connectivity index (χ4v) is 2.68. The molecule has 0 radical (unpaired) electrons. The molecule has 1 N–H and O–H groups in total. The van der Waals surface area contributed by atoms with E-state index in [1.54, 1.807) is 23.9 Å². The number of aromatic carboxylic acids is 1. The number of carboxylic acids is 1. The number of nitrogens with zero attached hydrogens (tertiary/aromatic N) is 1. The standard InChI is InChI=1S/C11H15NO2S2/c1-2-15-6-3-7-16-10-5-4-9(8-12-10)11(13)14/h4-5,8H,2-3,6-7H2,1H3,(H,13,14). The fraction of sp³-hybridized carbons (Fsp3) is 0.455. The predicted octanol–water partition coefficient (Wildman–Crippen LogP) is 3.02. The Labute approximate surface area is 104 Å². The van der Waals surface area contributed by atoms with Gasteiger partial charge < -0.3 is 5.11 Å². The predicted molar refractivity (Wildman–Crippen MR) is 69.5 cm³/mol. The molecule has 0 bridgehead atoms. The molecular weight excluding hydrogens is 242 g/mol. The Bertz CT molecular complexity index is 327. The van der Waals surface area contributed by atoms with E-state index in [1.807, 2.05) is 11.8 Å². The van der Waals surface area contributed by atoms with E-state index in [4.69, 9.17) is 5.11 Å². The molecule has 0 atom stereocenters. The average Bonchev–Trinajstić information content (AvgIpc) is 2.29. The van der Waals surface area contributed by atoms with Gasteiger partial charge in [0.05, 0.1) is 10.6 Å². The highest BCUT2D eigenvalue weighted by atomic mass is 32.2. The maximum absolute atomic E-state index is 10.6. The second-order valence-electron chi connectivity index (χ2n) is 3.09. The molecule has 1 heterocycles. The first-order valence-corrected chi connectivity index (χ1v) is 7.28. The Kier molecular flexibility index (Phi) is 6.33. The Morgan fingerprint density at radius 3 is 2.81 bits per heavy atom. The molecule has 0 saturated carbocycles. The van der Waals surface area contributed by atoms with Crippen LogP contribution in [0.5, 0.6) is 0 Å². The van der Waals surface area contributed by atoms with Crippen molar-refractivity contribution in [2.24, 2.45) is 0 Å². The number of pyridine rings is 1. The molecule has 0 amide bonds. The van der Waals surface area contributed by atoms with E-state index < -0.39 is 5.97 Å². The number of rotatable bonds is 7. The van der Waals surface area contributed by atoms with E-state index in [-0.39, 0.29) is 5.56 Å². The van der Waals surface area contributed by atoms with Crippen LogP contribution in [0.15, 0.2) is 23.4 Å². The Balaban J connectivity index is 2.29. The van der Waals surface area contributed by atoms with Crippen molar-refractivity contribution in [3.63, 3.8) is 0 Å². The van der Waals surface area contributed by atoms with Crippen LogP contribution >= 0.6 is 23.5 Å². The van der Waals surface area contributed by atoms with Gasteiger partial charge in [-0.25, -0.2) is 9.78 Å². The molecule has 0 unspecified atom stereocenters. The first-order chi connectivity index (χ1) is 7.74. The van der Waals surface area contributed by atoms with E-state index >= 15 is 0 Å². The summed E-state index contributed by atoms with van der Waals surface area (Å²) >= 11 is 3.61. The highest BCUT2D eigenvalue weighted by Crippen LogP contribution is 2.17. The molecule has 0 aliphatic carbocycles. The van der Waals surface area contributed by atoms with Gasteiger partial charge in [0.1, 0.15) is 0 Å². The summed E-state index contributed by atoms with van der Waals surface area (Å²) in [6, 6.07) is 3.36. The van der Waals surface area contributed by atoms with Crippen molar-refractivity contribution in [1.82, 2.24) is 4.98 Å². The van der Waals surface area contributed by atoms with Crippen LogP contribution in [-0.2, 0) is 0 Å². The first kappa shape index (κ1) is 13.4. The molecule has 5 heteroatoms. The van der Waals surface area contributed by atoms with E-state index in [9.17, 15) is 4.79 Å². The zero-order chi connectivity index (χ0) is 11.8. The summed E-state index contributed by atoms with van der Waals surface area (Å²) in [4.78, 5) is 14.7. The van der Waals surface area contributed by atoms with Gasteiger partial charge in [0.15, 0.2) is 0 Å². The molecule has 1 aromatic rings. The normalized spacial score (nSPS) is 10.3. The highest BCUT2D eigenvalue weighted by Gasteiger charge is 2.02. The van der Waals surface area contributed by atoms with Crippen LogP contribution in [0, 0.1) is 0 Å². The van der Waals surface area contributed by atoms with Gasteiger partial charge in [-0.05, 0) is 30.1 Å². The first-order valence-electron chi connectivity index (χ1n) is 5.14. The van der Waals surface area contributed by atoms with Gasteiger partial charge in [0.2, 0.25) is 0 Å². The lowest BCUT2D eigenvalue weighted by atomic mass is 10.3. The van der Waals surface area contributed by atoms with Crippen LogP contribution in [0.4, 0.5) is 0 Å². The second-order valence-corrected chi connectivity index (χ2v) is 5.60. The lowest BCUT2D eigenvalue weighted by Gasteiger charge is -2.01. The molecule has 0 aliphatic heterocycles. The quantitative estimate of drug-likeness (QED) is 0.601.